The molecule has 1 aromatic rings. The third kappa shape index (κ3) is 2.37. The summed E-state index contributed by atoms with van der Waals surface area (Å²) in [6.07, 6.45) is 8.05. The highest BCUT2D eigenvalue weighted by Crippen LogP contribution is 2.32. The molecule has 1 unspecified atom stereocenters. The minimum Gasteiger partial charge on any atom is -0.330 e. The molecule has 1 aromatic heterocycles. The molecule has 1 aliphatic carbocycles. The summed E-state index contributed by atoms with van der Waals surface area (Å²) < 4.78 is 1.86. The van der Waals surface area contributed by atoms with Gasteiger partial charge >= 0.3 is 0 Å². The molecule has 0 aliphatic heterocycles. The van der Waals surface area contributed by atoms with Crippen molar-refractivity contribution in [2.75, 3.05) is 6.54 Å². The van der Waals surface area contributed by atoms with Crippen LogP contribution >= 0.6 is 0 Å². The van der Waals surface area contributed by atoms with E-state index in [0.717, 1.165) is 24.7 Å². The minimum absolute atomic E-state index is 0.593. The highest BCUT2D eigenvalue weighted by atomic mass is 15.3. The van der Waals surface area contributed by atoms with Crippen molar-refractivity contribution >= 4 is 0 Å². The normalized spacial score (nSPS) is 19.6. The van der Waals surface area contributed by atoms with Crippen molar-refractivity contribution in [1.82, 2.24) is 14.8 Å². The van der Waals surface area contributed by atoms with Gasteiger partial charge in [-0.15, -0.1) is 0 Å². The van der Waals surface area contributed by atoms with Crippen LogP contribution in [0.1, 0.15) is 31.5 Å². The van der Waals surface area contributed by atoms with Crippen LogP contribution in [0, 0.1) is 11.8 Å². The standard InChI is InChI=1S/C11H20N4/c1-15-11(13-8-14-15)6-10(7-12)9-4-2-3-5-9/h8-10H,2-7,12H2,1H3. The van der Waals surface area contributed by atoms with E-state index in [0.29, 0.717) is 5.92 Å². The monoisotopic (exact) mass is 208 g/mol. The molecule has 0 radical (unpaired) electrons. The van der Waals surface area contributed by atoms with Gasteiger partial charge in [0, 0.05) is 13.5 Å². The molecule has 1 heterocycles. The number of nitrogens with two attached hydrogens (primary N) is 1. The van der Waals surface area contributed by atoms with Crippen molar-refractivity contribution in [1.29, 1.82) is 0 Å². The number of aromatic nitrogens is 3. The molecule has 0 amide bonds. The van der Waals surface area contributed by atoms with E-state index in [1.165, 1.54) is 25.7 Å². The summed E-state index contributed by atoms with van der Waals surface area (Å²) in [5.74, 6) is 2.47. The maximum Gasteiger partial charge on any atom is 0.138 e. The van der Waals surface area contributed by atoms with Crippen LogP contribution in [0.5, 0.6) is 0 Å². The maximum atomic E-state index is 5.86. The van der Waals surface area contributed by atoms with Crippen molar-refractivity contribution in [3.8, 4) is 0 Å². The first kappa shape index (κ1) is 10.6. The Morgan fingerprint density at radius 2 is 2.27 bits per heavy atom. The number of hydrogen-bond donors (Lipinski definition) is 1. The molecule has 0 saturated heterocycles. The summed E-state index contributed by atoms with van der Waals surface area (Å²) in [5.41, 5.74) is 5.86. The molecule has 0 spiro atoms. The molecule has 0 aromatic carbocycles. The van der Waals surface area contributed by atoms with E-state index >= 15 is 0 Å². The molecule has 1 aliphatic rings. The second-order valence-corrected chi connectivity index (χ2v) is 4.54. The van der Waals surface area contributed by atoms with Gasteiger partial charge in [-0.1, -0.05) is 25.7 Å². The van der Waals surface area contributed by atoms with Crippen LogP contribution in [-0.2, 0) is 13.5 Å². The van der Waals surface area contributed by atoms with Gasteiger partial charge < -0.3 is 5.73 Å². The fourth-order valence-electron chi connectivity index (χ4n) is 2.61. The zero-order valence-electron chi connectivity index (χ0n) is 9.39. The van der Waals surface area contributed by atoms with Gasteiger partial charge in [0.05, 0.1) is 0 Å². The van der Waals surface area contributed by atoms with E-state index in [1.807, 2.05) is 11.7 Å². The first-order chi connectivity index (χ1) is 7.31. The number of nitrogens with zero attached hydrogens (tertiary/aromatic N) is 3. The molecule has 4 heteroatoms. The Morgan fingerprint density at radius 3 is 2.80 bits per heavy atom. The quantitative estimate of drug-likeness (QED) is 0.806. The zero-order chi connectivity index (χ0) is 10.7. The molecule has 0 bridgehead atoms. The molecule has 2 N–H and O–H groups in total. The molecule has 2 rings (SSSR count). The smallest absolute Gasteiger partial charge is 0.138 e. The van der Waals surface area contributed by atoms with Gasteiger partial charge in [-0.25, -0.2) is 4.98 Å². The number of aryl methyl sites for hydroxylation is 1. The Morgan fingerprint density at radius 1 is 1.53 bits per heavy atom. The van der Waals surface area contributed by atoms with Crippen LogP contribution in [0.2, 0.25) is 0 Å². The third-order valence-electron chi connectivity index (χ3n) is 3.62. The van der Waals surface area contributed by atoms with E-state index in [4.69, 9.17) is 5.73 Å². The molecule has 1 saturated carbocycles. The van der Waals surface area contributed by atoms with Crippen LogP contribution < -0.4 is 5.73 Å². The minimum atomic E-state index is 0.593. The molecule has 15 heavy (non-hydrogen) atoms. The van der Waals surface area contributed by atoms with Gasteiger partial charge in [-0.3, -0.25) is 4.68 Å². The Labute approximate surface area is 90.9 Å². The summed E-state index contributed by atoms with van der Waals surface area (Å²) >= 11 is 0. The van der Waals surface area contributed by atoms with Crippen molar-refractivity contribution in [3.05, 3.63) is 12.2 Å². The number of hydrogen-bond acceptors (Lipinski definition) is 3. The summed E-state index contributed by atoms with van der Waals surface area (Å²) in [7, 11) is 1.95. The van der Waals surface area contributed by atoms with Crippen LogP contribution in [0.4, 0.5) is 0 Å². The topological polar surface area (TPSA) is 56.7 Å². The van der Waals surface area contributed by atoms with Crippen LogP contribution in [0.15, 0.2) is 6.33 Å². The summed E-state index contributed by atoms with van der Waals surface area (Å²) in [4.78, 5) is 4.27. The first-order valence-corrected chi connectivity index (χ1v) is 5.84. The lowest BCUT2D eigenvalue weighted by Crippen LogP contribution is -2.25. The van der Waals surface area contributed by atoms with Crippen molar-refractivity contribution in [3.63, 3.8) is 0 Å². The summed E-state index contributed by atoms with van der Waals surface area (Å²) in [5, 5.41) is 4.10. The average molecular weight is 208 g/mol. The van der Waals surface area contributed by atoms with Gasteiger partial charge in [0.1, 0.15) is 12.2 Å². The van der Waals surface area contributed by atoms with Gasteiger partial charge in [0.2, 0.25) is 0 Å². The SMILES string of the molecule is Cn1ncnc1CC(CN)C1CCCC1. The van der Waals surface area contributed by atoms with Crippen molar-refractivity contribution < 1.29 is 0 Å². The molecule has 1 fully saturated rings. The predicted octanol–water partition coefficient (Wildman–Crippen LogP) is 1.12. The van der Waals surface area contributed by atoms with Crippen molar-refractivity contribution in [2.45, 2.75) is 32.1 Å². The largest absolute Gasteiger partial charge is 0.330 e. The molecular formula is C11H20N4. The van der Waals surface area contributed by atoms with Gasteiger partial charge in [-0.2, -0.15) is 5.10 Å². The Bertz CT molecular complexity index is 301. The van der Waals surface area contributed by atoms with Gasteiger partial charge in [0.15, 0.2) is 0 Å². The Hall–Kier alpha value is -0.900. The third-order valence-corrected chi connectivity index (χ3v) is 3.62. The lowest BCUT2D eigenvalue weighted by Gasteiger charge is -2.20. The Balaban J connectivity index is 1.98. The number of rotatable bonds is 4. The highest BCUT2D eigenvalue weighted by Gasteiger charge is 2.25. The van der Waals surface area contributed by atoms with E-state index in [1.54, 1.807) is 6.33 Å². The summed E-state index contributed by atoms with van der Waals surface area (Å²) in [6.45, 7) is 0.775. The summed E-state index contributed by atoms with van der Waals surface area (Å²) in [6, 6.07) is 0. The maximum absolute atomic E-state index is 5.86. The highest BCUT2D eigenvalue weighted by molar-refractivity contribution is 4.89. The second kappa shape index (κ2) is 4.75. The van der Waals surface area contributed by atoms with E-state index < -0.39 is 0 Å². The molecule has 84 valence electrons. The van der Waals surface area contributed by atoms with E-state index in [9.17, 15) is 0 Å². The lowest BCUT2D eigenvalue weighted by molar-refractivity contribution is 0.336. The first-order valence-electron chi connectivity index (χ1n) is 5.84. The molecular weight excluding hydrogens is 188 g/mol. The van der Waals surface area contributed by atoms with E-state index in [2.05, 4.69) is 10.1 Å². The molecule has 4 nitrogen and oxygen atoms in total. The molecule has 1 atom stereocenters. The lowest BCUT2D eigenvalue weighted by atomic mass is 9.88. The zero-order valence-corrected chi connectivity index (χ0v) is 9.39. The van der Waals surface area contributed by atoms with E-state index in [-0.39, 0.29) is 0 Å². The van der Waals surface area contributed by atoms with Crippen LogP contribution in [0.3, 0.4) is 0 Å². The second-order valence-electron chi connectivity index (χ2n) is 4.54. The Kier molecular flexibility index (Phi) is 3.36. The predicted molar refractivity (Wildman–Crippen MR) is 59.2 cm³/mol. The van der Waals surface area contributed by atoms with Gasteiger partial charge in [0.25, 0.3) is 0 Å². The average Bonchev–Trinajstić information content (AvgIpc) is 2.86. The fraction of sp³-hybridized carbons (Fsp3) is 0.818. The van der Waals surface area contributed by atoms with Crippen molar-refractivity contribution in [2.24, 2.45) is 24.6 Å². The van der Waals surface area contributed by atoms with Crippen LogP contribution in [-0.4, -0.2) is 21.3 Å². The fourth-order valence-corrected chi connectivity index (χ4v) is 2.61. The van der Waals surface area contributed by atoms with Crippen LogP contribution in [0.25, 0.3) is 0 Å². The van der Waals surface area contributed by atoms with Gasteiger partial charge in [-0.05, 0) is 18.4 Å².